The highest BCUT2D eigenvalue weighted by Crippen LogP contribution is 2.42. The summed E-state index contributed by atoms with van der Waals surface area (Å²) in [5.41, 5.74) is 0. The second-order valence-electron chi connectivity index (χ2n) is 4.64. The molecule has 1 atom stereocenters. The largest absolute Gasteiger partial charge is 0.146 e. The van der Waals surface area contributed by atoms with Crippen molar-refractivity contribution in [1.82, 2.24) is 0 Å². The van der Waals surface area contributed by atoms with Crippen LogP contribution in [0.3, 0.4) is 0 Å². The summed E-state index contributed by atoms with van der Waals surface area (Å²) in [4.78, 5) is 1.33. The van der Waals surface area contributed by atoms with Crippen LogP contribution in [-0.2, 0) is 0 Å². The lowest BCUT2D eigenvalue weighted by Crippen LogP contribution is -2.09. The van der Waals surface area contributed by atoms with Crippen molar-refractivity contribution < 1.29 is 0 Å². The van der Waals surface area contributed by atoms with Gasteiger partial charge in [-0.05, 0) is 46.1 Å². The summed E-state index contributed by atoms with van der Waals surface area (Å²) in [6.45, 7) is 0. The van der Waals surface area contributed by atoms with Crippen molar-refractivity contribution in [2.75, 3.05) is 0 Å². The summed E-state index contributed by atoms with van der Waals surface area (Å²) < 4.78 is 1.19. The Morgan fingerprint density at radius 2 is 1.81 bits per heavy atom. The van der Waals surface area contributed by atoms with E-state index >= 15 is 0 Å². The summed E-state index contributed by atoms with van der Waals surface area (Å²) in [5, 5.41) is 2.34. The highest BCUT2D eigenvalue weighted by atomic mass is 79.9. The van der Waals surface area contributed by atoms with Gasteiger partial charge in [-0.15, -0.1) is 22.9 Å². The molecule has 0 amide bonds. The standard InChI is InChI=1S/C13H18BrClS/c14-11-8-9-16-13(11)12(15)10-6-4-2-1-3-5-7-10/h8-10,12H,1-7H2. The average Bonchev–Trinajstić information content (AvgIpc) is 2.63. The van der Waals surface area contributed by atoms with E-state index in [0.717, 1.165) is 0 Å². The first-order valence-corrected chi connectivity index (χ1v) is 8.27. The fourth-order valence-corrected chi connectivity index (χ4v) is 4.84. The lowest BCUT2D eigenvalue weighted by Gasteiger charge is -2.24. The summed E-state index contributed by atoms with van der Waals surface area (Å²) in [6.07, 6.45) is 9.53. The zero-order valence-electron chi connectivity index (χ0n) is 9.42. The molecule has 1 fully saturated rings. The second kappa shape index (κ2) is 6.42. The topological polar surface area (TPSA) is 0 Å². The molecule has 1 aliphatic rings. The van der Waals surface area contributed by atoms with Crippen molar-refractivity contribution in [2.24, 2.45) is 5.92 Å². The predicted molar refractivity (Wildman–Crippen MR) is 76.4 cm³/mol. The van der Waals surface area contributed by atoms with E-state index in [-0.39, 0.29) is 5.38 Å². The number of hydrogen-bond acceptors (Lipinski definition) is 1. The van der Waals surface area contributed by atoms with Crippen molar-refractivity contribution in [1.29, 1.82) is 0 Å². The molecule has 1 heterocycles. The van der Waals surface area contributed by atoms with Crippen molar-refractivity contribution >= 4 is 38.9 Å². The number of halogens is 2. The van der Waals surface area contributed by atoms with E-state index in [9.17, 15) is 0 Å². The van der Waals surface area contributed by atoms with E-state index in [4.69, 9.17) is 11.6 Å². The molecule has 2 rings (SSSR count). The fourth-order valence-electron chi connectivity index (χ4n) is 2.50. The fraction of sp³-hybridized carbons (Fsp3) is 0.692. The monoisotopic (exact) mass is 320 g/mol. The van der Waals surface area contributed by atoms with Gasteiger partial charge in [0.1, 0.15) is 0 Å². The molecule has 0 saturated heterocycles. The van der Waals surface area contributed by atoms with E-state index in [1.165, 1.54) is 54.3 Å². The van der Waals surface area contributed by atoms with E-state index in [0.29, 0.717) is 5.92 Å². The summed E-state index contributed by atoms with van der Waals surface area (Å²) >= 11 is 12.0. The van der Waals surface area contributed by atoms with Crippen LogP contribution < -0.4 is 0 Å². The third-order valence-corrected chi connectivity index (χ3v) is 6.12. The number of rotatable bonds is 2. The average molecular weight is 322 g/mol. The maximum atomic E-state index is 6.64. The Balaban J connectivity index is 2.02. The lowest BCUT2D eigenvalue weighted by molar-refractivity contribution is 0.370. The van der Waals surface area contributed by atoms with E-state index in [2.05, 4.69) is 27.4 Å². The SMILES string of the molecule is ClC(c1sccc1Br)C1CCCCCCC1. The maximum absolute atomic E-state index is 6.64. The first-order chi connectivity index (χ1) is 7.79. The van der Waals surface area contributed by atoms with Gasteiger partial charge in [0.2, 0.25) is 0 Å². The maximum Gasteiger partial charge on any atom is 0.0718 e. The van der Waals surface area contributed by atoms with Gasteiger partial charge in [0.15, 0.2) is 0 Å². The molecule has 0 bridgehead atoms. The Morgan fingerprint density at radius 3 is 2.38 bits per heavy atom. The Morgan fingerprint density at radius 1 is 1.19 bits per heavy atom. The zero-order chi connectivity index (χ0) is 11.4. The van der Waals surface area contributed by atoms with E-state index in [1.54, 1.807) is 11.3 Å². The highest BCUT2D eigenvalue weighted by Gasteiger charge is 2.24. The number of thiophene rings is 1. The summed E-state index contributed by atoms with van der Waals surface area (Å²) in [6, 6.07) is 2.11. The third kappa shape index (κ3) is 3.24. The van der Waals surface area contributed by atoms with Crippen LogP contribution in [0, 0.1) is 5.92 Å². The molecule has 3 heteroatoms. The van der Waals surface area contributed by atoms with E-state index in [1.807, 2.05) is 0 Å². The molecule has 1 unspecified atom stereocenters. The molecule has 0 aliphatic heterocycles. The van der Waals surface area contributed by atoms with Crippen LogP contribution in [-0.4, -0.2) is 0 Å². The van der Waals surface area contributed by atoms with Crippen LogP contribution in [0.2, 0.25) is 0 Å². The van der Waals surface area contributed by atoms with Crippen LogP contribution in [0.1, 0.15) is 55.2 Å². The van der Waals surface area contributed by atoms with Crippen molar-refractivity contribution in [3.63, 3.8) is 0 Å². The first kappa shape index (κ1) is 12.9. The molecule has 1 aromatic rings. The van der Waals surface area contributed by atoms with Gasteiger partial charge in [-0.3, -0.25) is 0 Å². The van der Waals surface area contributed by atoms with Gasteiger partial charge in [-0.2, -0.15) is 0 Å². The Labute approximate surface area is 116 Å². The third-order valence-electron chi connectivity index (χ3n) is 3.46. The van der Waals surface area contributed by atoms with Crippen LogP contribution in [0.15, 0.2) is 15.9 Å². The molecular weight excluding hydrogens is 304 g/mol. The Bertz CT molecular complexity index is 315. The molecule has 1 saturated carbocycles. The summed E-state index contributed by atoms with van der Waals surface area (Å²) in [7, 11) is 0. The molecule has 0 spiro atoms. The normalized spacial score (nSPS) is 21.4. The minimum atomic E-state index is 0.215. The van der Waals surface area contributed by atoms with Crippen LogP contribution >= 0.6 is 38.9 Å². The van der Waals surface area contributed by atoms with Gasteiger partial charge in [0.05, 0.1) is 5.38 Å². The lowest BCUT2D eigenvalue weighted by atomic mass is 9.88. The minimum absolute atomic E-state index is 0.215. The zero-order valence-corrected chi connectivity index (χ0v) is 12.6. The van der Waals surface area contributed by atoms with Crippen molar-refractivity contribution in [3.05, 3.63) is 20.8 Å². The van der Waals surface area contributed by atoms with Gasteiger partial charge in [-0.25, -0.2) is 0 Å². The molecule has 1 aliphatic carbocycles. The van der Waals surface area contributed by atoms with Gasteiger partial charge in [0.25, 0.3) is 0 Å². The van der Waals surface area contributed by atoms with Crippen LogP contribution in [0.25, 0.3) is 0 Å². The minimum Gasteiger partial charge on any atom is -0.146 e. The molecule has 0 nitrogen and oxygen atoms in total. The Kier molecular flexibility index (Phi) is 5.18. The quantitative estimate of drug-likeness (QED) is 0.573. The number of hydrogen-bond donors (Lipinski definition) is 0. The van der Waals surface area contributed by atoms with Gasteiger partial charge in [-0.1, -0.05) is 32.1 Å². The molecule has 0 radical (unpaired) electrons. The molecular formula is C13H18BrClS. The van der Waals surface area contributed by atoms with Crippen LogP contribution in [0.5, 0.6) is 0 Å². The Hall–Kier alpha value is 0.470. The molecule has 0 aromatic carbocycles. The number of alkyl halides is 1. The molecule has 0 N–H and O–H groups in total. The second-order valence-corrected chi connectivity index (χ2v) is 6.91. The van der Waals surface area contributed by atoms with Crippen LogP contribution in [0.4, 0.5) is 0 Å². The van der Waals surface area contributed by atoms with Crippen molar-refractivity contribution in [2.45, 2.75) is 50.3 Å². The van der Waals surface area contributed by atoms with E-state index < -0.39 is 0 Å². The van der Waals surface area contributed by atoms with Gasteiger partial charge < -0.3 is 0 Å². The predicted octanol–water partition coefficient (Wildman–Crippen LogP) is 6.15. The molecule has 16 heavy (non-hydrogen) atoms. The highest BCUT2D eigenvalue weighted by molar-refractivity contribution is 9.10. The molecule has 90 valence electrons. The smallest absolute Gasteiger partial charge is 0.0718 e. The van der Waals surface area contributed by atoms with Crippen molar-refractivity contribution in [3.8, 4) is 0 Å². The molecule has 1 aromatic heterocycles. The van der Waals surface area contributed by atoms with Gasteiger partial charge >= 0.3 is 0 Å². The first-order valence-electron chi connectivity index (χ1n) is 6.16. The summed E-state index contributed by atoms with van der Waals surface area (Å²) in [5.74, 6) is 0.678. The van der Waals surface area contributed by atoms with Gasteiger partial charge in [0, 0.05) is 9.35 Å².